The van der Waals surface area contributed by atoms with Crippen LogP contribution in [0.3, 0.4) is 0 Å². The van der Waals surface area contributed by atoms with Crippen LogP contribution in [0.5, 0.6) is 5.75 Å². The van der Waals surface area contributed by atoms with Gasteiger partial charge in [0.15, 0.2) is 0 Å². The number of benzene rings is 1. The molecule has 0 aliphatic carbocycles. The molecule has 0 aromatic heterocycles. The summed E-state index contributed by atoms with van der Waals surface area (Å²) >= 11 is 8.97. The van der Waals surface area contributed by atoms with Gasteiger partial charge < -0.3 is 4.74 Å². The van der Waals surface area contributed by atoms with Crippen molar-refractivity contribution in [2.75, 3.05) is 0 Å². The minimum Gasteiger partial charge on any atom is -0.435 e. The summed E-state index contributed by atoms with van der Waals surface area (Å²) in [5.41, 5.74) is 0.836. The molecule has 1 aromatic carbocycles. The molecule has 0 atom stereocenters. The van der Waals surface area contributed by atoms with Gasteiger partial charge in [-0.25, -0.2) is 0 Å². The lowest BCUT2D eigenvalue weighted by molar-refractivity contribution is -0.0498. The van der Waals surface area contributed by atoms with E-state index in [1.807, 2.05) is 0 Å². The first-order valence-corrected chi connectivity index (χ1v) is 4.92. The molecule has 0 amide bonds. The lowest BCUT2D eigenvalue weighted by atomic mass is 10.2. The zero-order chi connectivity index (χ0) is 9.84. The standard InChI is InChI=1S/C8H6BrClF2O/c9-4-5-1-2-6(3-7(5)10)13-8(11)12/h1-3,8H,4H2. The number of rotatable bonds is 3. The molecule has 0 aliphatic rings. The second-order valence-electron chi connectivity index (χ2n) is 2.27. The smallest absolute Gasteiger partial charge is 0.387 e. The van der Waals surface area contributed by atoms with Gasteiger partial charge in [-0.2, -0.15) is 8.78 Å². The van der Waals surface area contributed by atoms with E-state index in [0.717, 1.165) is 5.56 Å². The van der Waals surface area contributed by atoms with Gasteiger partial charge >= 0.3 is 6.61 Å². The highest BCUT2D eigenvalue weighted by Crippen LogP contribution is 2.25. The van der Waals surface area contributed by atoms with Gasteiger partial charge in [-0.1, -0.05) is 33.6 Å². The molecule has 0 N–H and O–H groups in total. The van der Waals surface area contributed by atoms with Crippen molar-refractivity contribution in [3.63, 3.8) is 0 Å². The number of hydrogen-bond donors (Lipinski definition) is 0. The van der Waals surface area contributed by atoms with Crippen molar-refractivity contribution in [3.05, 3.63) is 28.8 Å². The summed E-state index contributed by atoms with van der Waals surface area (Å²) in [7, 11) is 0. The van der Waals surface area contributed by atoms with Crippen molar-refractivity contribution in [2.24, 2.45) is 0 Å². The zero-order valence-corrected chi connectivity index (χ0v) is 8.78. The van der Waals surface area contributed by atoms with Crippen molar-refractivity contribution in [2.45, 2.75) is 11.9 Å². The Balaban J connectivity index is 2.83. The molecule has 0 bridgehead atoms. The van der Waals surface area contributed by atoms with Gasteiger partial charge in [-0.15, -0.1) is 0 Å². The van der Waals surface area contributed by atoms with Gasteiger partial charge in [0.25, 0.3) is 0 Å². The Bertz CT molecular complexity index is 293. The van der Waals surface area contributed by atoms with Crippen LogP contribution in [0, 0.1) is 0 Å². The second-order valence-corrected chi connectivity index (χ2v) is 3.23. The van der Waals surface area contributed by atoms with Crippen molar-refractivity contribution in [3.8, 4) is 5.75 Å². The molecule has 0 saturated carbocycles. The van der Waals surface area contributed by atoms with E-state index in [0.29, 0.717) is 10.4 Å². The average molecular weight is 271 g/mol. The van der Waals surface area contributed by atoms with Gasteiger partial charge in [0.1, 0.15) is 5.75 Å². The van der Waals surface area contributed by atoms with Crippen LogP contribution in [0.4, 0.5) is 8.78 Å². The molecule has 0 unspecified atom stereocenters. The molecule has 0 fully saturated rings. The van der Waals surface area contributed by atoms with E-state index in [1.165, 1.54) is 12.1 Å². The van der Waals surface area contributed by atoms with E-state index in [4.69, 9.17) is 11.6 Å². The van der Waals surface area contributed by atoms with Crippen LogP contribution in [0.1, 0.15) is 5.56 Å². The molecular formula is C8H6BrClF2O. The van der Waals surface area contributed by atoms with E-state index >= 15 is 0 Å². The maximum absolute atomic E-state index is 11.8. The number of alkyl halides is 3. The Hall–Kier alpha value is -0.350. The maximum atomic E-state index is 11.8. The quantitative estimate of drug-likeness (QED) is 0.759. The normalized spacial score (nSPS) is 10.5. The zero-order valence-electron chi connectivity index (χ0n) is 6.44. The first-order chi connectivity index (χ1) is 6.13. The summed E-state index contributed by atoms with van der Waals surface area (Å²) in [6.07, 6.45) is 0. The van der Waals surface area contributed by atoms with Crippen LogP contribution in [-0.4, -0.2) is 6.61 Å². The first-order valence-electron chi connectivity index (χ1n) is 3.42. The van der Waals surface area contributed by atoms with E-state index in [9.17, 15) is 8.78 Å². The van der Waals surface area contributed by atoms with Gasteiger partial charge in [0.2, 0.25) is 0 Å². The minimum atomic E-state index is -2.81. The van der Waals surface area contributed by atoms with Crippen LogP contribution in [0.2, 0.25) is 5.02 Å². The Morgan fingerprint density at radius 3 is 2.62 bits per heavy atom. The summed E-state index contributed by atoms with van der Waals surface area (Å²) in [6.45, 7) is -2.81. The van der Waals surface area contributed by atoms with E-state index in [1.54, 1.807) is 6.07 Å². The fraction of sp³-hybridized carbons (Fsp3) is 0.250. The molecule has 0 heterocycles. The fourth-order valence-electron chi connectivity index (χ4n) is 0.813. The Kier molecular flexibility index (Phi) is 3.93. The highest BCUT2D eigenvalue weighted by Gasteiger charge is 2.06. The number of ether oxygens (including phenoxy) is 1. The van der Waals surface area contributed by atoms with Crippen molar-refractivity contribution in [1.82, 2.24) is 0 Å². The minimum absolute atomic E-state index is 0.0738. The number of hydrogen-bond acceptors (Lipinski definition) is 1. The van der Waals surface area contributed by atoms with Crippen molar-refractivity contribution in [1.29, 1.82) is 0 Å². The summed E-state index contributed by atoms with van der Waals surface area (Å²) in [5, 5.41) is 0.996. The Labute approximate surface area is 87.8 Å². The SMILES string of the molecule is FC(F)Oc1ccc(CBr)c(Cl)c1. The molecule has 13 heavy (non-hydrogen) atoms. The summed E-state index contributed by atoms with van der Waals surface area (Å²) in [5.74, 6) is 0.0738. The molecule has 0 spiro atoms. The van der Waals surface area contributed by atoms with Gasteiger partial charge in [-0.05, 0) is 17.7 Å². The molecule has 0 radical (unpaired) electrons. The van der Waals surface area contributed by atoms with Crippen LogP contribution in [0.25, 0.3) is 0 Å². The first kappa shape index (κ1) is 10.7. The molecule has 1 aromatic rings. The van der Waals surface area contributed by atoms with Crippen LogP contribution in [-0.2, 0) is 5.33 Å². The highest BCUT2D eigenvalue weighted by molar-refractivity contribution is 9.08. The Morgan fingerprint density at radius 1 is 1.46 bits per heavy atom. The maximum Gasteiger partial charge on any atom is 0.387 e. The second kappa shape index (κ2) is 4.77. The lowest BCUT2D eigenvalue weighted by Crippen LogP contribution is -2.01. The lowest BCUT2D eigenvalue weighted by Gasteiger charge is -2.06. The third-order valence-corrected chi connectivity index (χ3v) is 2.35. The predicted molar refractivity (Wildman–Crippen MR) is 50.7 cm³/mol. The molecule has 72 valence electrons. The Morgan fingerprint density at radius 2 is 2.15 bits per heavy atom. The molecule has 0 saturated heterocycles. The third-order valence-electron chi connectivity index (χ3n) is 1.39. The summed E-state index contributed by atoms with van der Waals surface area (Å²) in [4.78, 5) is 0. The van der Waals surface area contributed by atoms with Crippen LogP contribution >= 0.6 is 27.5 Å². The third kappa shape index (κ3) is 3.12. The summed E-state index contributed by atoms with van der Waals surface area (Å²) in [6, 6.07) is 4.45. The molecule has 1 rings (SSSR count). The molecule has 5 heteroatoms. The van der Waals surface area contributed by atoms with E-state index in [-0.39, 0.29) is 5.75 Å². The topological polar surface area (TPSA) is 9.23 Å². The summed E-state index contributed by atoms with van der Waals surface area (Å²) < 4.78 is 27.7. The van der Waals surface area contributed by atoms with Crippen molar-refractivity contribution < 1.29 is 13.5 Å². The van der Waals surface area contributed by atoms with Crippen molar-refractivity contribution >= 4 is 27.5 Å². The number of halogens is 4. The predicted octanol–water partition coefficient (Wildman–Crippen LogP) is 3.84. The van der Waals surface area contributed by atoms with Gasteiger partial charge in [0.05, 0.1) is 0 Å². The fourth-order valence-corrected chi connectivity index (χ4v) is 1.70. The van der Waals surface area contributed by atoms with Crippen LogP contribution in [0.15, 0.2) is 18.2 Å². The van der Waals surface area contributed by atoms with Crippen LogP contribution < -0.4 is 4.74 Å². The molecule has 0 aliphatic heterocycles. The monoisotopic (exact) mass is 270 g/mol. The van der Waals surface area contributed by atoms with E-state index in [2.05, 4.69) is 20.7 Å². The van der Waals surface area contributed by atoms with Gasteiger partial charge in [0, 0.05) is 10.4 Å². The highest BCUT2D eigenvalue weighted by atomic mass is 79.9. The largest absolute Gasteiger partial charge is 0.435 e. The molecular weight excluding hydrogens is 265 g/mol. The average Bonchev–Trinajstić information content (AvgIpc) is 2.03. The van der Waals surface area contributed by atoms with E-state index < -0.39 is 6.61 Å². The molecule has 1 nitrogen and oxygen atoms in total. The van der Waals surface area contributed by atoms with Gasteiger partial charge in [-0.3, -0.25) is 0 Å².